The van der Waals surface area contributed by atoms with Crippen molar-refractivity contribution in [2.45, 2.75) is 18.2 Å². The minimum atomic E-state index is -3.30. The van der Waals surface area contributed by atoms with E-state index in [0.29, 0.717) is 22.9 Å². The van der Waals surface area contributed by atoms with E-state index >= 15 is 0 Å². The molecule has 8 nitrogen and oxygen atoms in total. The van der Waals surface area contributed by atoms with Gasteiger partial charge in [-0.2, -0.15) is 0 Å². The molecule has 1 saturated heterocycles. The molecular formula is C21H24N2O6S. The number of ether oxygens (including phenoxy) is 2. The summed E-state index contributed by atoms with van der Waals surface area (Å²) in [5.41, 5.74) is 1.05. The van der Waals surface area contributed by atoms with Crippen molar-refractivity contribution in [3.05, 3.63) is 42.5 Å². The molecule has 1 aliphatic rings. The van der Waals surface area contributed by atoms with E-state index in [1.54, 1.807) is 44.4 Å². The second kappa shape index (κ2) is 8.74. The van der Waals surface area contributed by atoms with Crippen LogP contribution in [0.15, 0.2) is 47.4 Å². The van der Waals surface area contributed by atoms with Gasteiger partial charge >= 0.3 is 0 Å². The van der Waals surface area contributed by atoms with Crippen LogP contribution in [0.5, 0.6) is 11.5 Å². The number of amides is 2. The smallest absolute Gasteiger partial charge is 0.229 e. The van der Waals surface area contributed by atoms with Crippen LogP contribution >= 0.6 is 0 Å². The Balaban J connectivity index is 1.71. The van der Waals surface area contributed by atoms with Gasteiger partial charge in [-0.1, -0.05) is 6.92 Å². The van der Waals surface area contributed by atoms with Crippen LogP contribution in [0.3, 0.4) is 0 Å². The Morgan fingerprint density at radius 3 is 2.43 bits per heavy atom. The third-order valence-electron chi connectivity index (χ3n) is 5.03. The molecule has 1 heterocycles. The zero-order chi connectivity index (χ0) is 21.9. The lowest BCUT2D eigenvalue weighted by atomic mass is 10.1. The van der Waals surface area contributed by atoms with Gasteiger partial charge in [-0.05, 0) is 36.4 Å². The Morgan fingerprint density at radius 2 is 1.83 bits per heavy atom. The Labute approximate surface area is 175 Å². The fraction of sp³-hybridized carbons (Fsp3) is 0.333. The molecule has 1 unspecified atom stereocenters. The zero-order valence-electron chi connectivity index (χ0n) is 17.0. The summed E-state index contributed by atoms with van der Waals surface area (Å²) in [7, 11) is -0.254. The number of nitrogens with zero attached hydrogens (tertiary/aromatic N) is 1. The number of rotatable bonds is 7. The number of carbonyl (C=O) groups excluding carboxylic acids is 2. The first-order valence-electron chi connectivity index (χ1n) is 9.45. The molecular weight excluding hydrogens is 408 g/mol. The number of hydrogen-bond donors (Lipinski definition) is 1. The summed E-state index contributed by atoms with van der Waals surface area (Å²) in [6.45, 7) is 1.79. The molecule has 160 valence electrons. The Morgan fingerprint density at radius 1 is 1.13 bits per heavy atom. The van der Waals surface area contributed by atoms with Gasteiger partial charge in [0.05, 0.1) is 36.5 Å². The highest BCUT2D eigenvalue weighted by molar-refractivity contribution is 7.91. The van der Waals surface area contributed by atoms with Crippen LogP contribution in [0.1, 0.15) is 13.3 Å². The third kappa shape index (κ3) is 4.40. The van der Waals surface area contributed by atoms with Gasteiger partial charge < -0.3 is 19.7 Å². The van der Waals surface area contributed by atoms with Gasteiger partial charge in [0.1, 0.15) is 11.5 Å². The van der Waals surface area contributed by atoms with Crippen molar-refractivity contribution >= 4 is 33.0 Å². The van der Waals surface area contributed by atoms with Crippen LogP contribution in [-0.4, -0.2) is 46.7 Å². The van der Waals surface area contributed by atoms with Crippen molar-refractivity contribution in [3.8, 4) is 11.5 Å². The number of benzene rings is 2. The summed E-state index contributed by atoms with van der Waals surface area (Å²) in [5.74, 6) is 0.0745. The van der Waals surface area contributed by atoms with Crippen LogP contribution in [0, 0.1) is 5.92 Å². The van der Waals surface area contributed by atoms with E-state index < -0.39 is 15.8 Å². The lowest BCUT2D eigenvalue weighted by molar-refractivity contribution is -0.122. The molecule has 30 heavy (non-hydrogen) atoms. The van der Waals surface area contributed by atoms with E-state index in [9.17, 15) is 18.0 Å². The molecule has 0 spiro atoms. The number of carbonyl (C=O) groups is 2. The second-order valence-electron chi connectivity index (χ2n) is 6.86. The number of nitrogens with one attached hydrogen (secondary N) is 1. The van der Waals surface area contributed by atoms with Crippen LogP contribution in [0.4, 0.5) is 11.4 Å². The molecule has 0 bridgehead atoms. The Kier molecular flexibility index (Phi) is 6.31. The molecule has 9 heteroatoms. The van der Waals surface area contributed by atoms with Gasteiger partial charge in [-0.25, -0.2) is 8.42 Å². The predicted molar refractivity (Wildman–Crippen MR) is 113 cm³/mol. The lowest BCUT2D eigenvalue weighted by Gasteiger charge is -2.20. The minimum Gasteiger partial charge on any atom is -0.497 e. The SMILES string of the molecule is CCS(=O)(=O)c1ccc(NC(=O)C2CC(=O)N(c3ccc(OC)cc3OC)C2)cc1. The largest absolute Gasteiger partial charge is 0.497 e. The topological polar surface area (TPSA) is 102 Å². The van der Waals surface area contributed by atoms with Crippen LogP contribution in [0.2, 0.25) is 0 Å². The second-order valence-corrected chi connectivity index (χ2v) is 9.14. The van der Waals surface area contributed by atoms with Crippen molar-refractivity contribution in [1.29, 1.82) is 0 Å². The first-order chi connectivity index (χ1) is 14.3. The molecule has 2 amide bonds. The zero-order valence-corrected chi connectivity index (χ0v) is 17.9. The maximum Gasteiger partial charge on any atom is 0.229 e. The van der Waals surface area contributed by atoms with Gasteiger partial charge in [-0.3, -0.25) is 9.59 Å². The van der Waals surface area contributed by atoms with Gasteiger partial charge in [0.25, 0.3) is 0 Å². The van der Waals surface area contributed by atoms with Crippen LogP contribution < -0.4 is 19.7 Å². The molecule has 1 atom stereocenters. The number of sulfone groups is 1. The average Bonchev–Trinajstić information content (AvgIpc) is 3.15. The average molecular weight is 432 g/mol. The van der Waals surface area contributed by atoms with E-state index in [1.807, 2.05) is 0 Å². The maximum atomic E-state index is 12.7. The number of methoxy groups -OCH3 is 2. The minimum absolute atomic E-state index is 0.00749. The van der Waals surface area contributed by atoms with Crippen molar-refractivity contribution in [2.24, 2.45) is 5.92 Å². The summed E-state index contributed by atoms with van der Waals surface area (Å²) in [4.78, 5) is 26.9. The summed E-state index contributed by atoms with van der Waals surface area (Å²) >= 11 is 0. The maximum absolute atomic E-state index is 12.7. The quantitative estimate of drug-likeness (QED) is 0.721. The summed E-state index contributed by atoms with van der Waals surface area (Å²) in [6.07, 6.45) is 0.0727. The van der Waals surface area contributed by atoms with Gasteiger partial charge in [0, 0.05) is 24.7 Å². The van der Waals surface area contributed by atoms with Gasteiger partial charge in [0.15, 0.2) is 9.84 Å². The highest BCUT2D eigenvalue weighted by Gasteiger charge is 2.36. The van der Waals surface area contributed by atoms with E-state index in [0.717, 1.165) is 0 Å². The fourth-order valence-electron chi connectivity index (χ4n) is 3.28. The number of hydrogen-bond acceptors (Lipinski definition) is 6. The molecule has 2 aromatic rings. The summed E-state index contributed by atoms with van der Waals surface area (Å²) in [6, 6.07) is 11.1. The Hall–Kier alpha value is -3.07. The Bertz CT molecular complexity index is 1050. The highest BCUT2D eigenvalue weighted by atomic mass is 32.2. The lowest BCUT2D eigenvalue weighted by Crippen LogP contribution is -2.28. The van der Waals surface area contributed by atoms with E-state index in [4.69, 9.17) is 9.47 Å². The monoisotopic (exact) mass is 432 g/mol. The molecule has 0 aromatic heterocycles. The molecule has 0 radical (unpaired) electrons. The molecule has 2 aromatic carbocycles. The molecule has 3 rings (SSSR count). The molecule has 0 aliphatic carbocycles. The van der Waals surface area contributed by atoms with E-state index in [-0.39, 0.29) is 35.4 Å². The standard InChI is InChI=1S/C21H24N2O6S/c1-4-30(26,27)17-8-5-15(6-9-17)22-21(25)14-11-20(24)23(13-14)18-10-7-16(28-2)12-19(18)29-3/h5-10,12,14H,4,11,13H2,1-3H3,(H,22,25). The molecule has 1 N–H and O–H groups in total. The van der Waals surface area contributed by atoms with Gasteiger partial charge in [-0.15, -0.1) is 0 Å². The summed E-state index contributed by atoms with van der Waals surface area (Å²) < 4.78 is 34.3. The predicted octanol–water partition coefficient (Wildman–Crippen LogP) is 2.49. The van der Waals surface area contributed by atoms with E-state index in [1.165, 1.54) is 24.1 Å². The van der Waals surface area contributed by atoms with Crippen LogP contribution in [0.25, 0.3) is 0 Å². The van der Waals surface area contributed by atoms with Crippen molar-refractivity contribution in [2.75, 3.05) is 36.7 Å². The van der Waals surface area contributed by atoms with Crippen LogP contribution in [-0.2, 0) is 19.4 Å². The molecule has 1 fully saturated rings. The van der Waals surface area contributed by atoms with E-state index in [2.05, 4.69) is 5.32 Å². The summed E-state index contributed by atoms with van der Waals surface area (Å²) in [5, 5.41) is 2.76. The number of anilines is 2. The normalized spacial score (nSPS) is 16.4. The van der Waals surface area contributed by atoms with Crippen molar-refractivity contribution in [3.63, 3.8) is 0 Å². The van der Waals surface area contributed by atoms with Gasteiger partial charge in [0.2, 0.25) is 11.8 Å². The van der Waals surface area contributed by atoms with Crippen molar-refractivity contribution < 1.29 is 27.5 Å². The first kappa shape index (κ1) is 21.6. The molecule has 0 saturated carbocycles. The highest BCUT2D eigenvalue weighted by Crippen LogP contribution is 2.36. The first-order valence-corrected chi connectivity index (χ1v) is 11.1. The fourth-order valence-corrected chi connectivity index (χ4v) is 4.16. The molecule has 1 aliphatic heterocycles. The third-order valence-corrected chi connectivity index (χ3v) is 6.78. The van der Waals surface area contributed by atoms with Crippen molar-refractivity contribution in [1.82, 2.24) is 0 Å².